The lowest BCUT2D eigenvalue weighted by Crippen LogP contribution is -2.23. The van der Waals surface area contributed by atoms with Crippen LogP contribution in [0.25, 0.3) is 0 Å². The number of rotatable bonds is 2. The molecule has 0 saturated carbocycles. The highest BCUT2D eigenvalue weighted by molar-refractivity contribution is 7.16. The number of anilines is 1. The first-order valence-electron chi connectivity index (χ1n) is 7.01. The van der Waals surface area contributed by atoms with Crippen molar-refractivity contribution in [2.45, 2.75) is 32.2 Å². The highest BCUT2D eigenvalue weighted by Gasteiger charge is 2.24. The quantitative estimate of drug-likeness (QED) is 0.822. The Labute approximate surface area is 122 Å². The molecule has 0 saturated heterocycles. The number of hydrogen-bond acceptors (Lipinski definition) is 4. The Bertz CT molecular complexity index is 597. The lowest BCUT2D eigenvalue weighted by molar-refractivity contribution is -0.120. The van der Waals surface area contributed by atoms with E-state index in [-0.39, 0.29) is 11.8 Å². The minimum atomic E-state index is 0.0452. The summed E-state index contributed by atoms with van der Waals surface area (Å²) < 4.78 is 0. The van der Waals surface area contributed by atoms with E-state index < -0.39 is 0 Å². The monoisotopic (exact) mass is 287 g/mol. The van der Waals surface area contributed by atoms with Crippen LogP contribution >= 0.6 is 11.3 Å². The summed E-state index contributed by atoms with van der Waals surface area (Å²) in [5.41, 5.74) is 1.79. The molecule has 3 rings (SSSR count). The topological polar surface area (TPSA) is 64.9 Å². The zero-order valence-corrected chi connectivity index (χ0v) is 12.1. The van der Waals surface area contributed by atoms with Gasteiger partial charge in [-0.1, -0.05) is 12.2 Å². The van der Waals surface area contributed by atoms with Crippen LogP contribution in [0.5, 0.6) is 0 Å². The maximum Gasteiger partial charge on any atom is 0.228 e. The van der Waals surface area contributed by atoms with Crippen molar-refractivity contribution in [1.82, 2.24) is 5.32 Å². The molecule has 2 aliphatic rings. The summed E-state index contributed by atoms with van der Waals surface area (Å²) in [5.74, 6) is 0.0983. The second kappa shape index (κ2) is 5.78. The first-order chi connectivity index (χ1) is 9.79. The highest BCUT2D eigenvalue weighted by Crippen LogP contribution is 2.35. The van der Waals surface area contributed by atoms with E-state index >= 15 is 0 Å². The number of allylic oxidation sites excluding steroid dienone is 2. The fourth-order valence-electron chi connectivity index (χ4n) is 2.79. The lowest BCUT2D eigenvalue weighted by atomic mass is 9.93. The van der Waals surface area contributed by atoms with Crippen LogP contribution in [-0.2, 0) is 17.8 Å². The molecule has 1 amide bonds. The number of nitrogens with zero attached hydrogens (tertiary/aromatic N) is 1. The maximum absolute atomic E-state index is 12.3. The zero-order chi connectivity index (χ0) is 13.9. The fraction of sp³-hybridized carbons (Fsp3) is 0.467. The Morgan fingerprint density at radius 1 is 1.50 bits per heavy atom. The van der Waals surface area contributed by atoms with Crippen LogP contribution in [0.15, 0.2) is 12.2 Å². The zero-order valence-electron chi connectivity index (χ0n) is 11.2. The summed E-state index contributed by atoms with van der Waals surface area (Å²) in [6, 6.07) is 2.27. The average molecular weight is 287 g/mol. The molecule has 0 fully saturated rings. The van der Waals surface area contributed by atoms with E-state index in [2.05, 4.69) is 28.9 Å². The number of hydrogen-bond donors (Lipinski definition) is 2. The van der Waals surface area contributed by atoms with Crippen LogP contribution in [-0.4, -0.2) is 12.5 Å². The molecule has 0 bridgehead atoms. The smallest absolute Gasteiger partial charge is 0.228 e. The number of nitriles is 1. The second-order valence-corrected chi connectivity index (χ2v) is 6.32. The first-order valence-corrected chi connectivity index (χ1v) is 7.82. The predicted molar refractivity (Wildman–Crippen MR) is 79.6 cm³/mol. The third-order valence-corrected chi connectivity index (χ3v) is 5.06. The third-order valence-electron chi connectivity index (χ3n) is 3.92. The first kappa shape index (κ1) is 13.3. The molecule has 104 valence electrons. The molecular weight excluding hydrogens is 270 g/mol. The van der Waals surface area contributed by atoms with Gasteiger partial charge >= 0.3 is 0 Å². The molecule has 1 unspecified atom stereocenters. The van der Waals surface area contributed by atoms with Crippen LogP contribution < -0.4 is 10.6 Å². The van der Waals surface area contributed by atoms with Gasteiger partial charge in [0.25, 0.3) is 0 Å². The fourth-order valence-corrected chi connectivity index (χ4v) is 3.96. The van der Waals surface area contributed by atoms with Gasteiger partial charge in [0.1, 0.15) is 11.1 Å². The third kappa shape index (κ3) is 2.49. The predicted octanol–water partition coefficient (Wildman–Crippen LogP) is 2.56. The van der Waals surface area contributed by atoms with E-state index in [4.69, 9.17) is 0 Å². The normalized spacial score (nSPS) is 21.1. The van der Waals surface area contributed by atoms with E-state index in [1.165, 1.54) is 4.88 Å². The summed E-state index contributed by atoms with van der Waals surface area (Å²) in [6.45, 7) is 1.70. The van der Waals surface area contributed by atoms with Crippen molar-refractivity contribution < 1.29 is 4.79 Å². The van der Waals surface area contributed by atoms with Crippen molar-refractivity contribution in [1.29, 1.82) is 5.26 Å². The Morgan fingerprint density at radius 2 is 2.40 bits per heavy atom. The molecule has 0 spiro atoms. The molecule has 1 aromatic heterocycles. The summed E-state index contributed by atoms with van der Waals surface area (Å²) >= 11 is 1.54. The van der Waals surface area contributed by atoms with Gasteiger partial charge < -0.3 is 10.6 Å². The van der Waals surface area contributed by atoms with Crippen molar-refractivity contribution >= 4 is 22.2 Å². The van der Waals surface area contributed by atoms with Gasteiger partial charge in [-0.25, -0.2) is 0 Å². The van der Waals surface area contributed by atoms with Crippen molar-refractivity contribution in [3.05, 3.63) is 28.2 Å². The van der Waals surface area contributed by atoms with Gasteiger partial charge in [0.15, 0.2) is 0 Å². The summed E-state index contributed by atoms with van der Waals surface area (Å²) in [4.78, 5) is 13.5. The van der Waals surface area contributed by atoms with Gasteiger partial charge in [0, 0.05) is 17.3 Å². The Kier molecular flexibility index (Phi) is 3.86. The van der Waals surface area contributed by atoms with Gasteiger partial charge in [-0.15, -0.1) is 11.3 Å². The van der Waals surface area contributed by atoms with Crippen LogP contribution in [0.2, 0.25) is 0 Å². The van der Waals surface area contributed by atoms with E-state index in [1.807, 2.05) is 0 Å². The van der Waals surface area contributed by atoms with Crippen molar-refractivity contribution in [3.63, 3.8) is 0 Å². The molecule has 4 nitrogen and oxygen atoms in total. The van der Waals surface area contributed by atoms with Gasteiger partial charge in [0.05, 0.1) is 5.56 Å². The molecule has 20 heavy (non-hydrogen) atoms. The van der Waals surface area contributed by atoms with E-state index in [1.54, 1.807) is 11.3 Å². The Morgan fingerprint density at radius 3 is 3.15 bits per heavy atom. The molecule has 2 N–H and O–H groups in total. The molecule has 1 aliphatic carbocycles. The molecule has 1 aliphatic heterocycles. The summed E-state index contributed by atoms with van der Waals surface area (Å²) in [6.07, 6.45) is 7.74. The SMILES string of the molecule is N#Cc1c(NC(=O)C2CC=CCC2)sc2c1CCNC2. The number of thiophene rings is 1. The number of amides is 1. The van der Waals surface area contributed by atoms with Crippen molar-refractivity contribution in [2.75, 3.05) is 11.9 Å². The van der Waals surface area contributed by atoms with Crippen LogP contribution in [0, 0.1) is 17.2 Å². The van der Waals surface area contributed by atoms with Crippen LogP contribution in [0.3, 0.4) is 0 Å². The van der Waals surface area contributed by atoms with E-state index in [0.29, 0.717) is 5.56 Å². The van der Waals surface area contributed by atoms with Gasteiger partial charge in [0.2, 0.25) is 5.91 Å². The standard InChI is InChI=1S/C15H17N3OS/c16-8-12-11-6-7-17-9-13(11)20-15(12)18-14(19)10-4-2-1-3-5-10/h1-2,10,17H,3-7,9H2,(H,18,19). The van der Waals surface area contributed by atoms with E-state index in [0.717, 1.165) is 49.3 Å². The van der Waals surface area contributed by atoms with Crippen molar-refractivity contribution in [2.24, 2.45) is 5.92 Å². The lowest BCUT2D eigenvalue weighted by Gasteiger charge is -2.16. The van der Waals surface area contributed by atoms with Crippen molar-refractivity contribution in [3.8, 4) is 6.07 Å². The molecule has 1 atom stereocenters. The summed E-state index contributed by atoms with van der Waals surface area (Å²) in [7, 11) is 0. The van der Waals surface area contributed by atoms with E-state index in [9.17, 15) is 10.1 Å². The molecule has 1 aromatic rings. The molecule has 0 aromatic carbocycles. The molecule has 5 heteroatoms. The van der Waals surface area contributed by atoms with Gasteiger partial charge in [-0.3, -0.25) is 4.79 Å². The molecular formula is C15H17N3OS. The number of carbonyl (C=O) groups is 1. The minimum absolute atomic E-state index is 0.0452. The van der Waals surface area contributed by atoms with Crippen LogP contribution in [0.1, 0.15) is 35.3 Å². The minimum Gasteiger partial charge on any atom is -0.316 e. The number of nitrogens with one attached hydrogen (secondary N) is 2. The second-order valence-electron chi connectivity index (χ2n) is 5.22. The summed E-state index contributed by atoms with van der Waals surface area (Å²) in [5, 5.41) is 16.4. The molecule has 2 heterocycles. The highest BCUT2D eigenvalue weighted by atomic mass is 32.1. The van der Waals surface area contributed by atoms with Crippen LogP contribution in [0.4, 0.5) is 5.00 Å². The molecule has 0 radical (unpaired) electrons. The largest absolute Gasteiger partial charge is 0.316 e. The number of fused-ring (bicyclic) bond motifs is 1. The number of carbonyl (C=O) groups excluding carboxylic acids is 1. The maximum atomic E-state index is 12.3. The van der Waals surface area contributed by atoms with Gasteiger partial charge in [-0.05, 0) is 37.8 Å². The Balaban J connectivity index is 1.80. The van der Waals surface area contributed by atoms with Gasteiger partial charge in [-0.2, -0.15) is 5.26 Å². The average Bonchev–Trinajstić information content (AvgIpc) is 2.85. The Hall–Kier alpha value is -1.64.